The summed E-state index contributed by atoms with van der Waals surface area (Å²) in [5.74, 6) is 4.62. The number of nitrogens with zero attached hydrogens (tertiary/aromatic N) is 1. The molecule has 23 heavy (non-hydrogen) atoms. The van der Waals surface area contributed by atoms with E-state index in [1.165, 1.54) is 6.07 Å². The zero-order valence-corrected chi connectivity index (χ0v) is 12.3. The molecule has 0 bridgehead atoms. The van der Waals surface area contributed by atoms with Crippen LogP contribution in [0.5, 0.6) is 0 Å². The number of benzene rings is 1. The van der Waals surface area contributed by atoms with Crippen LogP contribution in [0.15, 0.2) is 18.2 Å². The predicted molar refractivity (Wildman–Crippen MR) is 77.9 cm³/mol. The van der Waals surface area contributed by atoms with E-state index in [9.17, 15) is 18.0 Å². The fourth-order valence-corrected chi connectivity index (χ4v) is 2.88. The highest BCUT2D eigenvalue weighted by molar-refractivity contribution is 5.78. The van der Waals surface area contributed by atoms with Crippen molar-refractivity contribution < 1.29 is 18.0 Å². The van der Waals surface area contributed by atoms with E-state index in [4.69, 9.17) is 11.1 Å². The number of hydrogen-bond donors (Lipinski definition) is 3. The van der Waals surface area contributed by atoms with Crippen molar-refractivity contribution in [3.05, 3.63) is 29.3 Å². The molecule has 124 valence electrons. The van der Waals surface area contributed by atoms with Crippen LogP contribution in [-0.2, 0) is 11.0 Å². The number of amides is 1. The standard InChI is InChI=1S/C15H17F3N4O/c16-15(17,18)13-7-12(5-4-10(13)8-19)21-11-3-1-2-9(6-11)14(23)22-20/h4-5,7,9,11,21H,1-3,6,20H2,(H,22,23). The second kappa shape index (κ2) is 6.87. The van der Waals surface area contributed by atoms with Crippen molar-refractivity contribution in [2.75, 3.05) is 5.32 Å². The average Bonchev–Trinajstić information content (AvgIpc) is 2.53. The van der Waals surface area contributed by atoms with Crippen LogP contribution >= 0.6 is 0 Å². The molecule has 1 saturated carbocycles. The van der Waals surface area contributed by atoms with Crippen molar-refractivity contribution in [2.45, 2.75) is 37.9 Å². The number of rotatable bonds is 3. The van der Waals surface area contributed by atoms with Crippen LogP contribution in [0.2, 0.25) is 0 Å². The van der Waals surface area contributed by atoms with E-state index < -0.39 is 17.3 Å². The second-order valence-corrected chi connectivity index (χ2v) is 5.58. The highest BCUT2D eigenvalue weighted by atomic mass is 19.4. The number of halogens is 3. The molecule has 0 aromatic heterocycles. The highest BCUT2D eigenvalue weighted by Crippen LogP contribution is 2.34. The first-order valence-electron chi connectivity index (χ1n) is 7.23. The minimum absolute atomic E-state index is 0.111. The lowest BCUT2D eigenvalue weighted by atomic mass is 9.85. The first kappa shape index (κ1) is 17.1. The van der Waals surface area contributed by atoms with Gasteiger partial charge in [0.2, 0.25) is 5.91 Å². The Morgan fingerprint density at radius 3 is 2.70 bits per heavy atom. The van der Waals surface area contributed by atoms with Crippen molar-refractivity contribution in [1.82, 2.24) is 5.43 Å². The lowest BCUT2D eigenvalue weighted by Gasteiger charge is -2.29. The van der Waals surface area contributed by atoms with E-state index in [-0.39, 0.29) is 23.6 Å². The largest absolute Gasteiger partial charge is 0.417 e. The number of carbonyl (C=O) groups excluding carboxylic acids is 1. The van der Waals surface area contributed by atoms with Gasteiger partial charge in [-0.25, -0.2) is 5.84 Å². The zero-order chi connectivity index (χ0) is 17.0. The topological polar surface area (TPSA) is 90.9 Å². The fourth-order valence-electron chi connectivity index (χ4n) is 2.88. The minimum atomic E-state index is -4.59. The maximum atomic E-state index is 13.0. The fraction of sp³-hybridized carbons (Fsp3) is 0.467. The Hall–Kier alpha value is -2.27. The molecule has 8 heteroatoms. The van der Waals surface area contributed by atoms with E-state index in [0.717, 1.165) is 25.0 Å². The molecule has 1 fully saturated rings. The lowest BCUT2D eigenvalue weighted by Crippen LogP contribution is -2.40. The van der Waals surface area contributed by atoms with Crippen LogP contribution in [0.25, 0.3) is 0 Å². The molecular weight excluding hydrogens is 309 g/mol. The Morgan fingerprint density at radius 2 is 2.09 bits per heavy atom. The smallest absolute Gasteiger partial charge is 0.382 e. The molecule has 2 rings (SSSR count). The van der Waals surface area contributed by atoms with Crippen LogP contribution in [0.3, 0.4) is 0 Å². The SMILES string of the molecule is N#Cc1ccc(NC2CCCC(C(=O)NN)C2)cc1C(F)(F)F. The molecule has 1 amide bonds. The lowest BCUT2D eigenvalue weighted by molar-refractivity contribution is -0.137. The summed E-state index contributed by atoms with van der Waals surface area (Å²) in [6.07, 6.45) is -1.82. The molecule has 0 heterocycles. The molecule has 2 unspecified atom stereocenters. The summed E-state index contributed by atoms with van der Waals surface area (Å²) < 4.78 is 38.9. The molecule has 5 nitrogen and oxygen atoms in total. The molecule has 1 aromatic carbocycles. The van der Waals surface area contributed by atoms with Crippen LogP contribution in [0, 0.1) is 17.2 Å². The number of hydrazine groups is 1. The molecule has 1 aliphatic carbocycles. The molecule has 0 aliphatic heterocycles. The third kappa shape index (κ3) is 4.13. The van der Waals surface area contributed by atoms with Gasteiger partial charge in [-0.15, -0.1) is 0 Å². The number of nitriles is 1. The number of carbonyl (C=O) groups is 1. The van der Waals surface area contributed by atoms with Gasteiger partial charge in [0.1, 0.15) is 0 Å². The van der Waals surface area contributed by atoms with Gasteiger partial charge in [0.15, 0.2) is 0 Å². The molecule has 1 aliphatic rings. The molecule has 2 atom stereocenters. The number of anilines is 1. The maximum absolute atomic E-state index is 13.0. The van der Waals surface area contributed by atoms with Crippen LogP contribution in [-0.4, -0.2) is 11.9 Å². The first-order chi connectivity index (χ1) is 10.8. The summed E-state index contributed by atoms with van der Waals surface area (Å²) in [4.78, 5) is 11.6. The van der Waals surface area contributed by atoms with Crippen molar-refractivity contribution in [1.29, 1.82) is 5.26 Å². The Bertz CT molecular complexity index is 624. The van der Waals surface area contributed by atoms with Crippen LogP contribution in [0.4, 0.5) is 18.9 Å². The van der Waals surface area contributed by atoms with Gasteiger partial charge in [-0.3, -0.25) is 10.2 Å². The van der Waals surface area contributed by atoms with Gasteiger partial charge in [-0.05, 0) is 37.5 Å². The maximum Gasteiger partial charge on any atom is 0.417 e. The summed E-state index contributed by atoms with van der Waals surface area (Å²) in [6.45, 7) is 0. The Balaban J connectivity index is 2.14. The van der Waals surface area contributed by atoms with Gasteiger partial charge in [0.05, 0.1) is 17.2 Å². The van der Waals surface area contributed by atoms with Gasteiger partial charge in [-0.2, -0.15) is 18.4 Å². The monoisotopic (exact) mass is 326 g/mol. The van der Waals surface area contributed by atoms with Gasteiger partial charge < -0.3 is 5.32 Å². The summed E-state index contributed by atoms with van der Waals surface area (Å²) in [6, 6.07) is 4.97. The van der Waals surface area contributed by atoms with Gasteiger partial charge in [0.25, 0.3) is 0 Å². The quantitative estimate of drug-likeness (QED) is 0.452. The molecule has 1 aromatic rings. The Morgan fingerprint density at radius 1 is 1.35 bits per heavy atom. The number of nitrogens with one attached hydrogen (secondary N) is 2. The summed E-state index contributed by atoms with van der Waals surface area (Å²) >= 11 is 0. The summed E-state index contributed by atoms with van der Waals surface area (Å²) in [7, 11) is 0. The average molecular weight is 326 g/mol. The van der Waals surface area contributed by atoms with Gasteiger partial charge >= 0.3 is 6.18 Å². The Kier molecular flexibility index (Phi) is 5.11. The van der Waals surface area contributed by atoms with E-state index in [1.54, 1.807) is 6.07 Å². The molecule has 0 spiro atoms. The number of hydrogen-bond acceptors (Lipinski definition) is 4. The van der Waals surface area contributed by atoms with E-state index in [0.29, 0.717) is 12.8 Å². The van der Waals surface area contributed by atoms with Crippen LogP contribution in [0.1, 0.15) is 36.8 Å². The van der Waals surface area contributed by atoms with Crippen molar-refractivity contribution in [2.24, 2.45) is 11.8 Å². The Labute approximate surface area is 131 Å². The first-order valence-corrected chi connectivity index (χ1v) is 7.23. The molecular formula is C15H17F3N4O. The van der Waals surface area contributed by atoms with E-state index >= 15 is 0 Å². The second-order valence-electron chi connectivity index (χ2n) is 5.58. The van der Waals surface area contributed by atoms with Crippen LogP contribution < -0.4 is 16.6 Å². The minimum Gasteiger partial charge on any atom is -0.382 e. The molecule has 4 N–H and O–H groups in total. The third-order valence-electron chi connectivity index (χ3n) is 4.00. The zero-order valence-electron chi connectivity index (χ0n) is 12.3. The number of alkyl halides is 3. The summed E-state index contributed by atoms with van der Waals surface area (Å²) in [5.41, 5.74) is 1.03. The molecule has 0 saturated heterocycles. The normalized spacial score (nSPS) is 21.3. The van der Waals surface area contributed by atoms with Crippen molar-refractivity contribution >= 4 is 11.6 Å². The summed E-state index contributed by atoms with van der Waals surface area (Å²) in [5, 5.41) is 11.8. The molecule has 0 radical (unpaired) electrons. The predicted octanol–water partition coefficient (Wildman–Crippen LogP) is 2.54. The third-order valence-corrected chi connectivity index (χ3v) is 4.00. The van der Waals surface area contributed by atoms with E-state index in [2.05, 4.69) is 10.7 Å². The van der Waals surface area contributed by atoms with Crippen molar-refractivity contribution in [3.8, 4) is 6.07 Å². The van der Waals surface area contributed by atoms with Gasteiger partial charge in [0, 0.05) is 17.6 Å². The van der Waals surface area contributed by atoms with Crippen molar-refractivity contribution in [3.63, 3.8) is 0 Å². The number of nitrogens with two attached hydrogens (primary N) is 1. The highest BCUT2D eigenvalue weighted by Gasteiger charge is 2.34. The van der Waals surface area contributed by atoms with Gasteiger partial charge in [-0.1, -0.05) is 6.42 Å². The van der Waals surface area contributed by atoms with E-state index in [1.807, 2.05) is 0 Å².